The van der Waals surface area contributed by atoms with Gasteiger partial charge in [-0.1, -0.05) is 6.08 Å². The van der Waals surface area contributed by atoms with Crippen LogP contribution in [0.25, 0.3) is 0 Å². The molecule has 0 saturated carbocycles. The highest BCUT2D eigenvalue weighted by Crippen LogP contribution is 2.21. The van der Waals surface area contributed by atoms with Crippen LogP contribution in [0, 0.1) is 0 Å². The molecule has 2 bridgehead atoms. The van der Waals surface area contributed by atoms with Gasteiger partial charge >= 0.3 is 0 Å². The van der Waals surface area contributed by atoms with E-state index in [1.54, 1.807) is 0 Å². The van der Waals surface area contributed by atoms with E-state index in [9.17, 15) is 0 Å². The molecule has 2 rings (SSSR count). The predicted molar refractivity (Wildman–Crippen MR) is 24.6 cm³/mol. The average molecular weight is 114 g/mol. The molecule has 3 heteroatoms. The molecule has 8 heavy (non-hydrogen) atoms. The molecule has 1 fully saturated rings. The van der Waals surface area contributed by atoms with Crippen LogP contribution in [0.4, 0.5) is 0 Å². The summed E-state index contributed by atoms with van der Waals surface area (Å²) in [6.07, 6.45) is 4.24. The minimum absolute atomic E-state index is 0.148. The Bertz CT molecular complexity index is 121. The van der Waals surface area contributed by atoms with Crippen LogP contribution < -0.4 is 0 Å². The largest absolute Gasteiger partial charge is 0.314 e. The number of ether oxygens (including phenoxy) is 1. The third kappa shape index (κ3) is 0.561. The van der Waals surface area contributed by atoms with E-state index in [2.05, 4.69) is 4.89 Å². The zero-order valence-electron chi connectivity index (χ0n) is 4.24. The molecule has 2 aliphatic rings. The van der Waals surface area contributed by atoms with Crippen LogP contribution in [0.3, 0.4) is 0 Å². The smallest absolute Gasteiger partial charge is 0.213 e. The van der Waals surface area contributed by atoms with Crippen LogP contribution in [0.1, 0.15) is 6.42 Å². The molecule has 1 saturated heterocycles. The van der Waals surface area contributed by atoms with E-state index in [1.165, 1.54) is 0 Å². The van der Waals surface area contributed by atoms with Crippen LogP contribution in [-0.2, 0) is 14.5 Å². The molecule has 2 unspecified atom stereocenters. The fourth-order valence-corrected chi connectivity index (χ4v) is 0.785. The van der Waals surface area contributed by atoms with E-state index in [-0.39, 0.29) is 12.6 Å². The molecule has 0 aromatic heterocycles. The van der Waals surface area contributed by atoms with Gasteiger partial charge in [0.2, 0.25) is 6.29 Å². The molecule has 0 amide bonds. The summed E-state index contributed by atoms with van der Waals surface area (Å²) in [7, 11) is 0. The SMILES string of the molecule is C1=CC2OOC(C1)O2. The quantitative estimate of drug-likeness (QED) is 0.340. The van der Waals surface area contributed by atoms with Crippen molar-refractivity contribution in [3.05, 3.63) is 12.2 Å². The fraction of sp³-hybridized carbons (Fsp3) is 0.600. The van der Waals surface area contributed by atoms with E-state index >= 15 is 0 Å². The first-order valence-corrected chi connectivity index (χ1v) is 2.59. The molecule has 0 aliphatic carbocycles. The van der Waals surface area contributed by atoms with E-state index in [1.807, 2.05) is 12.2 Å². The number of fused-ring (bicyclic) bond motifs is 2. The van der Waals surface area contributed by atoms with Crippen LogP contribution in [0.2, 0.25) is 0 Å². The monoisotopic (exact) mass is 114 g/mol. The Balaban J connectivity index is 2.17. The Labute approximate surface area is 46.8 Å². The van der Waals surface area contributed by atoms with Gasteiger partial charge in [0, 0.05) is 6.42 Å². The maximum absolute atomic E-state index is 5.07. The van der Waals surface area contributed by atoms with Gasteiger partial charge in [-0.3, -0.25) is 0 Å². The maximum Gasteiger partial charge on any atom is 0.213 e. The Kier molecular flexibility index (Phi) is 0.870. The molecule has 0 aromatic carbocycles. The van der Waals surface area contributed by atoms with Gasteiger partial charge < -0.3 is 4.74 Å². The van der Waals surface area contributed by atoms with E-state index in [0.717, 1.165) is 6.42 Å². The lowest BCUT2D eigenvalue weighted by Gasteiger charge is -2.06. The van der Waals surface area contributed by atoms with Crippen molar-refractivity contribution in [3.8, 4) is 0 Å². The van der Waals surface area contributed by atoms with E-state index in [0.29, 0.717) is 0 Å². The Hall–Kier alpha value is -0.380. The molecule has 0 aromatic rings. The van der Waals surface area contributed by atoms with Gasteiger partial charge in [0.15, 0.2) is 6.29 Å². The summed E-state index contributed by atoms with van der Waals surface area (Å²) in [6.45, 7) is 0. The van der Waals surface area contributed by atoms with Crippen molar-refractivity contribution in [2.75, 3.05) is 0 Å². The summed E-state index contributed by atoms with van der Waals surface area (Å²) in [5, 5.41) is 0. The zero-order chi connectivity index (χ0) is 5.40. The summed E-state index contributed by atoms with van der Waals surface area (Å²) in [5.41, 5.74) is 0. The fourth-order valence-electron chi connectivity index (χ4n) is 0.785. The van der Waals surface area contributed by atoms with Crippen molar-refractivity contribution >= 4 is 0 Å². The van der Waals surface area contributed by atoms with Gasteiger partial charge in [-0.2, -0.15) is 4.89 Å². The summed E-state index contributed by atoms with van der Waals surface area (Å²) in [4.78, 5) is 9.36. The maximum atomic E-state index is 5.07. The molecule has 0 N–H and O–H groups in total. The minimum atomic E-state index is -0.242. The zero-order valence-corrected chi connectivity index (χ0v) is 4.24. The molecule has 44 valence electrons. The third-order valence-corrected chi connectivity index (χ3v) is 1.17. The van der Waals surface area contributed by atoms with E-state index < -0.39 is 0 Å². The lowest BCUT2D eigenvalue weighted by atomic mass is 10.3. The summed E-state index contributed by atoms with van der Waals surface area (Å²) < 4.78 is 5.07. The van der Waals surface area contributed by atoms with Crippen molar-refractivity contribution in [1.82, 2.24) is 0 Å². The average Bonchev–Trinajstić information content (AvgIpc) is 2.12. The molecule has 2 atom stereocenters. The van der Waals surface area contributed by atoms with Gasteiger partial charge in [0.25, 0.3) is 0 Å². The molecule has 0 radical (unpaired) electrons. The van der Waals surface area contributed by atoms with Crippen molar-refractivity contribution in [1.29, 1.82) is 0 Å². The predicted octanol–water partition coefficient (Wildman–Crippen LogP) is 0.577. The van der Waals surface area contributed by atoms with Gasteiger partial charge in [-0.05, 0) is 6.08 Å². The van der Waals surface area contributed by atoms with Crippen LogP contribution in [0.15, 0.2) is 12.2 Å². The lowest BCUT2D eigenvalue weighted by Crippen LogP contribution is -2.12. The van der Waals surface area contributed by atoms with Crippen LogP contribution in [0.5, 0.6) is 0 Å². The number of rotatable bonds is 0. The van der Waals surface area contributed by atoms with Crippen molar-refractivity contribution in [3.63, 3.8) is 0 Å². The van der Waals surface area contributed by atoms with Crippen molar-refractivity contribution < 1.29 is 14.5 Å². The lowest BCUT2D eigenvalue weighted by molar-refractivity contribution is -0.285. The molecule has 0 spiro atoms. The van der Waals surface area contributed by atoms with Crippen molar-refractivity contribution in [2.45, 2.75) is 19.0 Å². The summed E-state index contributed by atoms with van der Waals surface area (Å²) in [5.74, 6) is 0. The summed E-state index contributed by atoms with van der Waals surface area (Å²) >= 11 is 0. The van der Waals surface area contributed by atoms with Gasteiger partial charge in [-0.15, -0.1) is 0 Å². The van der Waals surface area contributed by atoms with Crippen LogP contribution >= 0.6 is 0 Å². The Morgan fingerprint density at radius 2 is 2.38 bits per heavy atom. The first-order valence-electron chi connectivity index (χ1n) is 2.59. The van der Waals surface area contributed by atoms with Crippen LogP contribution in [-0.4, -0.2) is 12.6 Å². The van der Waals surface area contributed by atoms with Gasteiger partial charge in [0.05, 0.1) is 0 Å². The number of hydrogen-bond donors (Lipinski definition) is 0. The Morgan fingerprint density at radius 1 is 1.38 bits per heavy atom. The summed E-state index contributed by atoms with van der Waals surface area (Å²) in [6, 6.07) is 0. The first kappa shape index (κ1) is 4.49. The standard InChI is InChI=1S/C5H6O3/c1-2-4-6-5(3-1)8-7-4/h1-2,4-5H,3H2. The third-order valence-electron chi connectivity index (χ3n) is 1.17. The molecule has 2 aliphatic heterocycles. The van der Waals surface area contributed by atoms with Gasteiger partial charge in [0.1, 0.15) is 0 Å². The molecular formula is C5H6O3. The molecular weight excluding hydrogens is 108 g/mol. The minimum Gasteiger partial charge on any atom is -0.314 e. The Morgan fingerprint density at radius 3 is 3.12 bits per heavy atom. The molecule has 2 heterocycles. The second kappa shape index (κ2) is 1.55. The first-order chi connectivity index (χ1) is 3.95. The highest BCUT2D eigenvalue weighted by atomic mass is 17.3. The highest BCUT2D eigenvalue weighted by molar-refractivity contribution is 4.91. The van der Waals surface area contributed by atoms with Crippen molar-refractivity contribution in [2.24, 2.45) is 0 Å². The number of hydrogen-bond acceptors (Lipinski definition) is 3. The highest BCUT2D eigenvalue weighted by Gasteiger charge is 2.27. The normalized spacial score (nSPS) is 43.0. The van der Waals surface area contributed by atoms with E-state index in [4.69, 9.17) is 9.62 Å². The second-order valence-corrected chi connectivity index (χ2v) is 1.79. The van der Waals surface area contributed by atoms with Gasteiger partial charge in [-0.25, -0.2) is 4.89 Å². The topological polar surface area (TPSA) is 27.7 Å². The molecule has 3 nitrogen and oxygen atoms in total. The second-order valence-electron chi connectivity index (χ2n) is 1.79.